The summed E-state index contributed by atoms with van der Waals surface area (Å²) in [4.78, 5) is 11.4. The molecule has 11 heteroatoms. The smallest absolute Gasteiger partial charge is 0.229 e. The van der Waals surface area contributed by atoms with Crippen LogP contribution in [0.25, 0.3) is 11.0 Å². The Morgan fingerprint density at radius 1 is 1.17 bits per heavy atom. The first-order valence-corrected chi connectivity index (χ1v) is 10.6. The summed E-state index contributed by atoms with van der Waals surface area (Å²) in [6.07, 6.45) is 5.44. The van der Waals surface area contributed by atoms with Gasteiger partial charge in [0.1, 0.15) is 0 Å². The Balaban J connectivity index is 1.31. The molecular formula is C18H22Cl2N8O. The number of anilines is 2. The van der Waals surface area contributed by atoms with Crippen molar-refractivity contribution < 1.29 is 4.74 Å². The molecule has 29 heavy (non-hydrogen) atoms. The first-order chi connectivity index (χ1) is 14.1. The molecule has 2 aliphatic rings. The zero-order valence-corrected chi connectivity index (χ0v) is 17.6. The van der Waals surface area contributed by atoms with Crippen LogP contribution in [0.4, 0.5) is 11.6 Å². The zero-order valence-electron chi connectivity index (χ0n) is 16.1. The summed E-state index contributed by atoms with van der Waals surface area (Å²) in [6, 6.07) is 0.873. The maximum Gasteiger partial charge on any atom is 0.229 e. The summed E-state index contributed by atoms with van der Waals surface area (Å²) < 4.78 is 8.96. The highest BCUT2D eigenvalue weighted by Crippen LogP contribution is 2.32. The van der Waals surface area contributed by atoms with Crippen LogP contribution in [0.1, 0.15) is 25.8 Å². The molecule has 2 fully saturated rings. The summed E-state index contributed by atoms with van der Waals surface area (Å²) in [5, 5.41) is 13.7. The van der Waals surface area contributed by atoms with Crippen LogP contribution < -0.4 is 5.32 Å². The molecule has 5 rings (SSSR count). The molecular weight excluding hydrogens is 415 g/mol. The van der Waals surface area contributed by atoms with Gasteiger partial charge in [-0.05, 0) is 19.8 Å². The summed E-state index contributed by atoms with van der Waals surface area (Å²) in [7, 11) is 0. The third-order valence-corrected chi connectivity index (χ3v) is 6.36. The van der Waals surface area contributed by atoms with Gasteiger partial charge in [-0.3, -0.25) is 4.90 Å². The quantitative estimate of drug-likeness (QED) is 0.657. The average Bonchev–Trinajstić information content (AvgIpc) is 3.21. The van der Waals surface area contributed by atoms with E-state index in [1.165, 1.54) is 0 Å². The molecule has 1 N–H and O–H groups in total. The molecule has 0 spiro atoms. The predicted molar refractivity (Wildman–Crippen MR) is 111 cm³/mol. The number of likely N-dealkylation sites (tertiary alicyclic amines) is 1. The van der Waals surface area contributed by atoms with E-state index in [-0.39, 0.29) is 0 Å². The first-order valence-electron chi connectivity index (χ1n) is 9.85. The van der Waals surface area contributed by atoms with Gasteiger partial charge in [0.15, 0.2) is 16.0 Å². The minimum atomic E-state index is 0.291. The van der Waals surface area contributed by atoms with E-state index in [9.17, 15) is 0 Å². The zero-order chi connectivity index (χ0) is 20.0. The second-order valence-corrected chi connectivity index (χ2v) is 8.13. The third-order valence-electron chi connectivity index (χ3n) is 5.71. The molecule has 0 saturated carbocycles. The van der Waals surface area contributed by atoms with Crippen LogP contribution in [0.15, 0.2) is 12.4 Å². The van der Waals surface area contributed by atoms with Crippen molar-refractivity contribution in [3.63, 3.8) is 0 Å². The van der Waals surface area contributed by atoms with Crippen LogP contribution in [-0.2, 0) is 11.3 Å². The van der Waals surface area contributed by atoms with E-state index in [2.05, 4.69) is 30.4 Å². The number of aromatic nitrogens is 6. The van der Waals surface area contributed by atoms with Gasteiger partial charge >= 0.3 is 0 Å². The fourth-order valence-electron chi connectivity index (χ4n) is 3.94. The third kappa shape index (κ3) is 3.46. The monoisotopic (exact) mass is 436 g/mol. The second kappa shape index (κ2) is 7.71. The fourth-order valence-corrected chi connectivity index (χ4v) is 4.44. The molecule has 0 aliphatic carbocycles. The Hall–Kier alpha value is -1.94. The molecule has 2 aliphatic heterocycles. The number of rotatable bonds is 5. The van der Waals surface area contributed by atoms with E-state index in [0.717, 1.165) is 44.5 Å². The molecule has 0 radical (unpaired) electrons. The molecule has 0 bridgehead atoms. The highest BCUT2D eigenvalue weighted by atomic mass is 35.5. The lowest BCUT2D eigenvalue weighted by Gasteiger charge is -2.41. The van der Waals surface area contributed by atoms with Crippen molar-refractivity contribution in [1.82, 2.24) is 34.4 Å². The lowest BCUT2D eigenvalue weighted by atomic mass is 10.0. The van der Waals surface area contributed by atoms with E-state index in [4.69, 9.17) is 27.9 Å². The van der Waals surface area contributed by atoms with Crippen molar-refractivity contribution in [1.29, 1.82) is 0 Å². The van der Waals surface area contributed by atoms with Gasteiger partial charge < -0.3 is 10.1 Å². The Morgan fingerprint density at radius 2 is 1.97 bits per heavy atom. The number of nitrogens with zero attached hydrogens (tertiary/aromatic N) is 7. The summed E-state index contributed by atoms with van der Waals surface area (Å²) in [6.45, 7) is 6.45. The van der Waals surface area contributed by atoms with E-state index in [1.807, 2.05) is 11.6 Å². The molecule has 0 atom stereocenters. The summed E-state index contributed by atoms with van der Waals surface area (Å²) in [5.74, 6) is 0.435. The van der Waals surface area contributed by atoms with Crippen LogP contribution in [-0.4, -0.2) is 66.8 Å². The fraction of sp³-hybridized carbons (Fsp3) is 0.556. The van der Waals surface area contributed by atoms with Crippen molar-refractivity contribution in [2.24, 2.45) is 0 Å². The number of halogens is 2. The standard InChI is InChI=1S/C18H22Cl2N8O/c1-2-27-17-13(15(19)25-27)7-21-18(24-17)23-14-8-22-28(16(14)20)11-3-5-26(6-4-11)12-9-29-10-12/h7-8,11-12H,2-6,9-10H2,1H3,(H,21,23,24). The number of nitrogens with one attached hydrogen (secondary N) is 1. The van der Waals surface area contributed by atoms with Gasteiger partial charge in [-0.15, -0.1) is 0 Å². The van der Waals surface area contributed by atoms with Gasteiger partial charge in [0.05, 0.1) is 42.6 Å². The Bertz CT molecular complexity index is 1020. The number of ether oxygens (including phenoxy) is 1. The van der Waals surface area contributed by atoms with Crippen LogP contribution in [0.2, 0.25) is 10.3 Å². The lowest BCUT2D eigenvalue weighted by molar-refractivity contribution is -0.0734. The van der Waals surface area contributed by atoms with E-state index in [0.29, 0.717) is 46.2 Å². The SMILES string of the molecule is CCn1nc(Cl)c2cnc(Nc3cnn(C4CCN(C5COC5)CC4)c3Cl)nc21. The molecule has 0 amide bonds. The van der Waals surface area contributed by atoms with Crippen molar-refractivity contribution in [3.8, 4) is 0 Å². The van der Waals surface area contributed by atoms with Crippen molar-refractivity contribution in [2.75, 3.05) is 31.6 Å². The molecule has 5 heterocycles. The number of aryl methyl sites for hydroxylation is 1. The average molecular weight is 437 g/mol. The van der Waals surface area contributed by atoms with Crippen molar-refractivity contribution >= 4 is 45.9 Å². The largest absolute Gasteiger partial charge is 0.378 e. The maximum absolute atomic E-state index is 6.64. The van der Waals surface area contributed by atoms with Gasteiger partial charge in [-0.1, -0.05) is 23.2 Å². The number of fused-ring (bicyclic) bond motifs is 1. The highest BCUT2D eigenvalue weighted by Gasteiger charge is 2.31. The minimum absolute atomic E-state index is 0.291. The van der Waals surface area contributed by atoms with Gasteiger partial charge in [-0.25, -0.2) is 14.3 Å². The summed E-state index contributed by atoms with van der Waals surface area (Å²) >= 11 is 12.8. The normalized spacial score (nSPS) is 19.0. The van der Waals surface area contributed by atoms with E-state index < -0.39 is 0 Å². The Labute approximate surface area is 177 Å². The highest BCUT2D eigenvalue weighted by molar-refractivity contribution is 6.34. The van der Waals surface area contributed by atoms with Crippen LogP contribution in [0, 0.1) is 0 Å². The second-order valence-electron chi connectivity index (χ2n) is 7.41. The number of piperidine rings is 1. The van der Waals surface area contributed by atoms with Gasteiger partial charge in [0.25, 0.3) is 0 Å². The topological polar surface area (TPSA) is 85.9 Å². The maximum atomic E-state index is 6.64. The Morgan fingerprint density at radius 3 is 2.66 bits per heavy atom. The Kier molecular flexibility index (Phi) is 5.07. The number of hydrogen-bond acceptors (Lipinski definition) is 7. The van der Waals surface area contributed by atoms with Crippen LogP contribution in [0.3, 0.4) is 0 Å². The van der Waals surface area contributed by atoms with E-state index >= 15 is 0 Å². The van der Waals surface area contributed by atoms with Gasteiger partial charge in [0, 0.05) is 25.8 Å². The molecule has 9 nitrogen and oxygen atoms in total. The van der Waals surface area contributed by atoms with Crippen LogP contribution >= 0.6 is 23.2 Å². The minimum Gasteiger partial charge on any atom is -0.378 e. The molecule has 2 saturated heterocycles. The summed E-state index contributed by atoms with van der Waals surface area (Å²) in [5.41, 5.74) is 1.38. The van der Waals surface area contributed by atoms with Gasteiger partial charge in [-0.2, -0.15) is 15.2 Å². The van der Waals surface area contributed by atoms with Crippen molar-refractivity contribution in [2.45, 2.75) is 38.4 Å². The van der Waals surface area contributed by atoms with E-state index in [1.54, 1.807) is 17.1 Å². The molecule has 0 unspecified atom stereocenters. The van der Waals surface area contributed by atoms with Crippen molar-refractivity contribution in [3.05, 3.63) is 22.7 Å². The van der Waals surface area contributed by atoms with Crippen LogP contribution in [0.5, 0.6) is 0 Å². The lowest BCUT2D eigenvalue weighted by Crippen LogP contribution is -2.51. The number of hydrogen-bond donors (Lipinski definition) is 1. The molecule has 3 aromatic heterocycles. The van der Waals surface area contributed by atoms with Gasteiger partial charge in [0.2, 0.25) is 5.95 Å². The molecule has 3 aromatic rings. The predicted octanol–water partition coefficient (Wildman–Crippen LogP) is 3.13. The first kappa shape index (κ1) is 19.0. The molecule has 0 aromatic carbocycles. The molecule has 154 valence electrons.